The van der Waals surface area contributed by atoms with Crippen molar-refractivity contribution in [3.05, 3.63) is 47.5 Å². The monoisotopic (exact) mass is 270 g/mol. The van der Waals surface area contributed by atoms with Gasteiger partial charge in [-0.1, -0.05) is 24.3 Å². The smallest absolute Gasteiger partial charge is 0.248 e. The van der Waals surface area contributed by atoms with E-state index in [4.69, 9.17) is 5.73 Å². The first-order valence-corrected chi connectivity index (χ1v) is 7.51. The lowest BCUT2D eigenvalue weighted by Crippen LogP contribution is -2.32. The zero-order valence-electron chi connectivity index (χ0n) is 11.7. The molecule has 3 nitrogen and oxygen atoms in total. The van der Waals surface area contributed by atoms with Gasteiger partial charge in [0.1, 0.15) is 0 Å². The van der Waals surface area contributed by atoms with Crippen LogP contribution >= 0.6 is 0 Å². The first-order valence-electron chi connectivity index (χ1n) is 7.51. The fourth-order valence-electron chi connectivity index (χ4n) is 3.49. The molecular weight excluding hydrogens is 248 g/mol. The van der Waals surface area contributed by atoms with Crippen molar-refractivity contribution in [1.82, 2.24) is 5.32 Å². The molecule has 0 heterocycles. The number of fused-ring (bicyclic) bond motifs is 2. The maximum absolute atomic E-state index is 11.0. The Kier molecular flexibility index (Phi) is 3.88. The Morgan fingerprint density at radius 2 is 2.05 bits per heavy atom. The van der Waals surface area contributed by atoms with Crippen LogP contribution in [-0.2, 0) is 6.54 Å². The van der Waals surface area contributed by atoms with E-state index in [1.165, 1.54) is 31.2 Å². The van der Waals surface area contributed by atoms with Crippen LogP contribution in [-0.4, -0.2) is 11.9 Å². The SMILES string of the molecule is NC(=O)c1ccc(CNC2C=CCC3CCC2C3)cc1. The van der Waals surface area contributed by atoms with Gasteiger partial charge in [-0.2, -0.15) is 0 Å². The number of carbonyl (C=O) groups is 1. The molecule has 2 bridgehead atoms. The van der Waals surface area contributed by atoms with E-state index in [9.17, 15) is 4.79 Å². The number of primary amides is 1. The molecule has 3 atom stereocenters. The largest absolute Gasteiger partial charge is 0.366 e. The molecule has 3 rings (SSSR count). The van der Waals surface area contributed by atoms with E-state index < -0.39 is 0 Å². The molecule has 106 valence electrons. The van der Waals surface area contributed by atoms with Crippen LogP contribution in [0.4, 0.5) is 0 Å². The lowest BCUT2D eigenvalue weighted by molar-refractivity contribution is 0.100. The molecule has 0 saturated heterocycles. The van der Waals surface area contributed by atoms with Gasteiger partial charge in [0.2, 0.25) is 5.91 Å². The molecule has 1 saturated carbocycles. The Morgan fingerprint density at radius 3 is 2.80 bits per heavy atom. The van der Waals surface area contributed by atoms with Crippen molar-refractivity contribution in [3.8, 4) is 0 Å². The third-order valence-corrected chi connectivity index (χ3v) is 4.68. The highest BCUT2D eigenvalue weighted by atomic mass is 16.1. The van der Waals surface area contributed by atoms with Gasteiger partial charge in [-0.15, -0.1) is 0 Å². The third kappa shape index (κ3) is 2.93. The van der Waals surface area contributed by atoms with Crippen LogP contribution in [0.25, 0.3) is 0 Å². The maximum atomic E-state index is 11.0. The molecule has 2 aliphatic rings. The number of nitrogens with one attached hydrogen (secondary N) is 1. The van der Waals surface area contributed by atoms with E-state index >= 15 is 0 Å². The highest BCUT2D eigenvalue weighted by Crippen LogP contribution is 2.38. The van der Waals surface area contributed by atoms with Gasteiger partial charge in [-0.3, -0.25) is 4.79 Å². The number of nitrogens with two attached hydrogens (primary N) is 1. The van der Waals surface area contributed by atoms with Crippen LogP contribution < -0.4 is 11.1 Å². The standard InChI is InChI=1S/C17H22N2O/c18-17(20)14-7-5-13(6-8-14)11-19-16-3-1-2-12-4-9-15(16)10-12/h1,3,5-8,12,15-16,19H,2,4,9-11H2,(H2,18,20). The molecule has 1 aromatic carbocycles. The number of carbonyl (C=O) groups excluding carboxylic acids is 1. The fourth-order valence-corrected chi connectivity index (χ4v) is 3.49. The fraction of sp³-hybridized carbons (Fsp3) is 0.471. The lowest BCUT2D eigenvalue weighted by atomic mass is 9.98. The second-order valence-corrected chi connectivity index (χ2v) is 6.07. The van der Waals surface area contributed by atoms with Crippen molar-refractivity contribution >= 4 is 5.91 Å². The number of hydrogen-bond donors (Lipinski definition) is 2. The molecule has 3 N–H and O–H groups in total. The summed E-state index contributed by atoms with van der Waals surface area (Å²) in [5.41, 5.74) is 7.02. The Morgan fingerprint density at radius 1 is 1.25 bits per heavy atom. The number of amides is 1. The van der Waals surface area contributed by atoms with E-state index in [0.29, 0.717) is 11.6 Å². The third-order valence-electron chi connectivity index (χ3n) is 4.68. The summed E-state index contributed by atoms with van der Waals surface area (Å²) in [7, 11) is 0. The average Bonchev–Trinajstić information content (AvgIpc) is 2.81. The normalized spacial score (nSPS) is 28.3. The van der Waals surface area contributed by atoms with Gasteiger partial charge in [0.15, 0.2) is 0 Å². The second-order valence-electron chi connectivity index (χ2n) is 6.07. The molecule has 3 heteroatoms. The van der Waals surface area contributed by atoms with Gasteiger partial charge >= 0.3 is 0 Å². The summed E-state index contributed by atoms with van der Waals surface area (Å²) in [6.07, 6.45) is 10.1. The molecule has 20 heavy (non-hydrogen) atoms. The molecule has 0 aromatic heterocycles. The van der Waals surface area contributed by atoms with E-state index in [1.54, 1.807) is 12.1 Å². The Bertz CT molecular complexity index is 506. The highest BCUT2D eigenvalue weighted by Gasteiger charge is 2.30. The summed E-state index contributed by atoms with van der Waals surface area (Å²) in [5.74, 6) is 1.34. The maximum Gasteiger partial charge on any atom is 0.248 e. The average molecular weight is 270 g/mol. The minimum absolute atomic E-state index is 0.367. The van der Waals surface area contributed by atoms with Gasteiger partial charge in [-0.25, -0.2) is 0 Å². The van der Waals surface area contributed by atoms with Gasteiger partial charge in [0.25, 0.3) is 0 Å². The summed E-state index contributed by atoms with van der Waals surface area (Å²) in [6.45, 7) is 0.842. The molecule has 3 unspecified atom stereocenters. The summed E-state index contributed by atoms with van der Waals surface area (Å²) in [6, 6.07) is 8.05. The van der Waals surface area contributed by atoms with E-state index in [0.717, 1.165) is 18.4 Å². The van der Waals surface area contributed by atoms with Crippen molar-refractivity contribution in [2.24, 2.45) is 17.6 Å². The number of hydrogen-bond acceptors (Lipinski definition) is 2. The van der Waals surface area contributed by atoms with Crippen molar-refractivity contribution in [3.63, 3.8) is 0 Å². The zero-order chi connectivity index (χ0) is 13.9. The quantitative estimate of drug-likeness (QED) is 0.826. The van der Waals surface area contributed by atoms with E-state index in [-0.39, 0.29) is 5.91 Å². The molecule has 0 aliphatic heterocycles. The molecule has 1 amide bonds. The van der Waals surface area contributed by atoms with E-state index in [1.807, 2.05) is 12.1 Å². The summed E-state index contributed by atoms with van der Waals surface area (Å²) in [4.78, 5) is 11.0. The highest BCUT2D eigenvalue weighted by molar-refractivity contribution is 5.92. The number of rotatable bonds is 4. The lowest BCUT2D eigenvalue weighted by Gasteiger charge is -2.21. The van der Waals surface area contributed by atoms with Crippen LogP contribution in [0.2, 0.25) is 0 Å². The van der Waals surface area contributed by atoms with Crippen molar-refractivity contribution < 1.29 is 4.79 Å². The first-order chi connectivity index (χ1) is 9.72. The van der Waals surface area contributed by atoms with Gasteiger partial charge in [0, 0.05) is 18.2 Å². The van der Waals surface area contributed by atoms with Crippen molar-refractivity contribution in [2.45, 2.75) is 38.3 Å². The summed E-state index contributed by atoms with van der Waals surface area (Å²) < 4.78 is 0. The topological polar surface area (TPSA) is 55.1 Å². The molecule has 2 aliphatic carbocycles. The Balaban J connectivity index is 1.59. The van der Waals surface area contributed by atoms with Crippen LogP contribution in [0.5, 0.6) is 0 Å². The van der Waals surface area contributed by atoms with Crippen LogP contribution in [0, 0.1) is 11.8 Å². The second kappa shape index (κ2) is 5.80. The van der Waals surface area contributed by atoms with Crippen molar-refractivity contribution in [1.29, 1.82) is 0 Å². The molecule has 0 spiro atoms. The minimum Gasteiger partial charge on any atom is -0.366 e. The zero-order valence-corrected chi connectivity index (χ0v) is 11.7. The van der Waals surface area contributed by atoms with Gasteiger partial charge in [0.05, 0.1) is 0 Å². The van der Waals surface area contributed by atoms with Crippen molar-refractivity contribution in [2.75, 3.05) is 0 Å². The Labute approximate surface area is 120 Å². The summed E-state index contributed by atoms with van der Waals surface area (Å²) >= 11 is 0. The van der Waals surface area contributed by atoms with Gasteiger partial charge in [-0.05, 0) is 55.2 Å². The summed E-state index contributed by atoms with van der Waals surface area (Å²) in [5, 5.41) is 3.65. The molecule has 0 radical (unpaired) electrons. The minimum atomic E-state index is -0.367. The molecular formula is C17H22N2O. The molecule has 1 fully saturated rings. The van der Waals surface area contributed by atoms with Crippen LogP contribution in [0.15, 0.2) is 36.4 Å². The number of benzene rings is 1. The number of allylic oxidation sites excluding steroid dienone is 1. The predicted molar refractivity (Wildman–Crippen MR) is 80.2 cm³/mol. The molecule has 1 aromatic rings. The predicted octanol–water partition coefficient (Wildman–Crippen LogP) is 2.62. The first kappa shape index (κ1) is 13.4. The van der Waals surface area contributed by atoms with Gasteiger partial charge < -0.3 is 11.1 Å². The van der Waals surface area contributed by atoms with Crippen LogP contribution in [0.3, 0.4) is 0 Å². The van der Waals surface area contributed by atoms with E-state index in [2.05, 4.69) is 17.5 Å². The Hall–Kier alpha value is -1.61. The van der Waals surface area contributed by atoms with Crippen LogP contribution in [0.1, 0.15) is 41.6 Å².